The van der Waals surface area contributed by atoms with Crippen molar-refractivity contribution in [3.8, 4) is 0 Å². The van der Waals surface area contributed by atoms with E-state index < -0.39 is 36.0 Å². The van der Waals surface area contributed by atoms with E-state index in [0.29, 0.717) is 24.8 Å². The second kappa shape index (κ2) is 9.09. The lowest BCUT2D eigenvalue weighted by atomic mass is 10.1. The molecule has 2 aromatic carbocycles. The van der Waals surface area contributed by atoms with Gasteiger partial charge in [0.25, 0.3) is 0 Å². The number of rotatable bonds is 4. The van der Waals surface area contributed by atoms with Gasteiger partial charge < -0.3 is 20.3 Å². The van der Waals surface area contributed by atoms with Gasteiger partial charge in [0.15, 0.2) is 0 Å². The van der Waals surface area contributed by atoms with Crippen LogP contribution < -0.4 is 15.5 Å². The molecule has 168 valence electrons. The Hall–Kier alpha value is -2.88. The maximum absolute atomic E-state index is 14.6. The van der Waals surface area contributed by atoms with Gasteiger partial charge in [0.05, 0.1) is 23.5 Å². The quantitative estimate of drug-likeness (QED) is 0.660. The lowest BCUT2D eigenvalue weighted by Gasteiger charge is -2.37. The summed E-state index contributed by atoms with van der Waals surface area (Å²) in [5.41, 5.74) is -0.948. The zero-order chi connectivity index (χ0) is 22.8. The highest BCUT2D eigenvalue weighted by molar-refractivity contribution is 5.89. The predicted octanol–water partition coefficient (Wildman–Crippen LogP) is 4.92. The molecule has 0 aromatic heterocycles. The number of nitrogens with zero attached hydrogens (tertiary/aromatic N) is 1. The zero-order valence-electron chi connectivity index (χ0n) is 16.9. The van der Waals surface area contributed by atoms with Gasteiger partial charge in [-0.1, -0.05) is 6.07 Å². The van der Waals surface area contributed by atoms with Gasteiger partial charge in [0.1, 0.15) is 11.6 Å². The van der Waals surface area contributed by atoms with E-state index in [9.17, 15) is 26.7 Å². The predicted molar refractivity (Wildman–Crippen MR) is 106 cm³/mol. The van der Waals surface area contributed by atoms with Crippen molar-refractivity contribution in [2.24, 2.45) is 0 Å². The normalized spacial score (nSPS) is 19.3. The Morgan fingerprint density at radius 1 is 1.10 bits per heavy atom. The molecule has 10 heteroatoms. The zero-order valence-corrected chi connectivity index (χ0v) is 16.9. The minimum absolute atomic E-state index is 0.0558. The van der Waals surface area contributed by atoms with Crippen LogP contribution in [0.1, 0.15) is 25.0 Å². The standard InChI is InChI=1S/C21H22F5N3O2/c1-12-10-29(11-13(2)31-12)19-6-5-16(8-18(19)23)28-20(30)27-9-14-3-4-15(22)7-17(14)21(24,25)26/h3-8,12-13H,9-11H2,1-2H3,(H2,27,28,30). The number of anilines is 2. The van der Waals surface area contributed by atoms with E-state index >= 15 is 0 Å². The molecule has 3 rings (SSSR count). The summed E-state index contributed by atoms with van der Waals surface area (Å²) < 4.78 is 72.5. The van der Waals surface area contributed by atoms with E-state index in [-0.39, 0.29) is 23.5 Å². The maximum atomic E-state index is 14.6. The average Bonchev–Trinajstić information content (AvgIpc) is 2.65. The molecule has 2 unspecified atom stereocenters. The van der Waals surface area contributed by atoms with Crippen LogP contribution in [0.3, 0.4) is 0 Å². The van der Waals surface area contributed by atoms with Crippen LogP contribution in [-0.4, -0.2) is 31.3 Å². The summed E-state index contributed by atoms with van der Waals surface area (Å²) in [7, 11) is 0. The third-order valence-electron chi connectivity index (χ3n) is 4.78. The molecule has 0 spiro atoms. The van der Waals surface area contributed by atoms with Gasteiger partial charge in [-0.2, -0.15) is 13.2 Å². The van der Waals surface area contributed by atoms with Crippen molar-refractivity contribution in [3.05, 3.63) is 59.2 Å². The largest absolute Gasteiger partial charge is 0.416 e. The summed E-state index contributed by atoms with van der Waals surface area (Å²) in [6.07, 6.45) is -4.87. The minimum Gasteiger partial charge on any atom is -0.372 e. The number of alkyl halides is 3. The molecule has 2 atom stereocenters. The van der Waals surface area contributed by atoms with Crippen LogP contribution in [0.5, 0.6) is 0 Å². The van der Waals surface area contributed by atoms with E-state index in [1.807, 2.05) is 18.7 Å². The first-order chi connectivity index (χ1) is 14.5. The Morgan fingerprint density at radius 3 is 2.39 bits per heavy atom. The number of carbonyl (C=O) groups excluding carboxylic acids is 1. The Morgan fingerprint density at radius 2 is 1.77 bits per heavy atom. The number of hydrogen-bond acceptors (Lipinski definition) is 3. The highest BCUT2D eigenvalue weighted by Gasteiger charge is 2.33. The van der Waals surface area contributed by atoms with Crippen LogP contribution in [0.15, 0.2) is 36.4 Å². The molecule has 1 aliphatic rings. The molecule has 1 saturated heterocycles. The van der Waals surface area contributed by atoms with E-state index in [0.717, 1.165) is 18.2 Å². The van der Waals surface area contributed by atoms with Gasteiger partial charge in [-0.15, -0.1) is 0 Å². The van der Waals surface area contributed by atoms with Crippen molar-refractivity contribution in [1.82, 2.24) is 5.32 Å². The van der Waals surface area contributed by atoms with Gasteiger partial charge in [0.2, 0.25) is 0 Å². The van der Waals surface area contributed by atoms with Crippen molar-refractivity contribution in [3.63, 3.8) is 0 Å². The number of nitrogens with one attached hydrogen (secondary N) is 2. The van der Waals surface area contributed by atoms with Crippen LogP contribution in [0.2, 0.25) is 0 Å². The molecule has 2 amide bonds. The van der Waals surface area contributed by atoms with Crippen molar-refractivity contribution in [2.45, 2.75) is 38.8 Å². The molecular weight excluding hydrogens is 421 g/mol. The Bertz CT molecular complexity index is 941. The minimum atomic E-state index is -4.76. The number of ether oxygens (including phenoxy) is 1. The monoisotopic (exact) mass is 443 g/mol. The second-order valence-electron chi connectivity index (χ2n) is 7.44. The van der Waals surface area contributed by atoms with E-state index in [4.69, 9.17) is 4.74 Å². The van der Waals surface area contributed by atoms with Gasteiger partial charge >= 0.3 is 12.2 Å². The number of morpholine rings is 1. The van der Waals surface area contributed by atoms with E-state index in [1.54, 1.807) is 0 Å². The third-order valence-corrected chi connectivity index (χ3v) is 4.78. The molecule has 5 nitrogen and oxygen atoms in total. The first kappa shape index (κ1) is 22.8. The fourth-order valence-electron chi connectivity index (χ4n) is 3.53. The van der Waals surface area contributed by atoms with Crippen LogP contribution in [0.25, 0.3) is 0 Å². The van der Waals surface area contributed by atoms with Crippen molar-refractivity contribution < 1.29 is 31.5 Å². The molecule has 0 bridgehead atoms. The van der Waals surface area contributed by atoms with Gasteiger partial charge in [-0.25, -0.2) is 13.6 Å². The molecule has 1 fully saturated rings. The van der Waals surface area contributed by atoms with E-state index in [2.05, 4.69) is 10.6 Å². The molecule has 2 N–H and O–H groups in total. The summed E-state index contributed by atoms with van der Waals surface area (Å²) in [5.74, 6) is -1.57. The van der Waals surface area contributed by atoms with Crippen LogP contribution >= 0.6 is 0 Å². The number of carbonyl (C=O) groups is 1. The topological polar surface area (TPSA) is 53.6 Å². The fourth-order valence-corrected chi connectivity index (χ4v) is 3.53. The van der Waals surface area contributed by atoms with Crippen molar-refractivity contribution in [2.75, 3.05) is 23.3 Å². The molecule has 0 saturated carbocycles. The first-order valence-electron chi connectivity index (χ1n) is 9.63. The molecule has 2 aromatic rings. The first-order valence-corrected chi connectivity index (χ1v) is 9.63. The Labute approximate surface area is 176 Å². The van der Waals surface area contributed by atoms with Crippen molar-refractivity contribution >= 4 is 17.4 Å². The Balaban J connectivity index is 1.63. The lowest BCUT2D eigenvalue weighted by molar-refractivity contribution is -0.138. The molecule has 0 aliphatic carbocycles. The summed E-state index contributed by atoms with van der Waals surface area (Å²) in [5, 5.41) is 4.65. The summed E-state index contributed by atoms with van der Waals surface area (Å²) in [6.45, 7) is 4.35. The van der Waals surface area contributed by atoms with Gasteiger partial charge in [0, 0.05) is 25.3 Å². The molecular formula is C21H22F5N3O2. The SMILES string of the molecule is CC1CN(c2ccc(NC(=O)NCc3ccc(F)cc3C(F)(F)F)cc2F)CC(C)O1. The van der Waals surface area contributed by atoms with Crippen LogP contribution in [0, 0.1) is 11.6 Å². The third kappa shape index (κ3) is 5.84. The van der Waals surface area contributed by atoms with Crippen LogP contribution in [-0.2, 0) is 17.5 Å². The van der Waals surface area contributed by atoms with Gasteiger partial charge in [-0.05, 0) is 49.7 Å². The molecule has 31 heavy (non-hydrogen) atoms. The fraction of sp³-hybridized carbons (Fsp3) is 0.381. The molecule has 1 heterocycles. The number of amides is 2. The summed E-state index contributed by atoms with van der Waals surface area (Å²) >= 11 is 0. The molecule has 0 radical (unpaired) electrons. The highest BCUT2D eigenvalue weighted by Crippen LogP contribution is 2.32. The van der Waals surface area contributed by atoms with Gasteiger partial charge in [-0.3, -0.25) is 0 Å². The van der Waals surface area contributed by atoms with Crippen molar-refractivity contribution in [1.29, 1.82) is 0 Å². The number of urea groups is 1. The smallest absolute Gasteiger partial charge is 0.372 e. The lowest BCUT2D eigenvalue weighted by Crippen LogP contribution is -2.45. The maximum Gasteiger partial charge on any atom is 0.416 e. The number of halogens is 5. The average molecular weight is 443 g/mol. The number of benzene rings is 2. The Kier molecular flexibility index (Phi) is 6.68. The van der Waals surface area contributed by atoms with Crippen LogP contribution in [0.4, 0.5) is 38.1 Å². The second-order valence-corrected chi connectivity index (χ2v) is 7.44. The highest BCUT2D eigenvalue weighted by atomic mass is 19.4. The van der Waals surface area contributed by atoms with E-state index in [1.165, 1.54) is 12.1 Å². The summed E-state index contributed by atoms with van der Waals surface area (Å²) in [4.78, 5) is 13.9. The molecule has 1 aliphatic heterocycles. The number of hydrogen-bond donors (Lipinski definition) is 2. The summed E-state index contributed by atoms with van der Waals surface area (Å²) in [6, 6.07) is 5.55.